The minimum Gasteiger partial charge on any atom is -0.399 e. The van der Waals surface area contributed by atoms with Gasteiger partial charge in [-0.15, -0.1) is 0 Å². The highest BCUT2D eigenvalue weighted by molar-refractivity contribution is 6.62. The van der Waals surface area contributed by atoms with Gasteiger partial charge in [-0.25, -0.2) is 9.97 Å². The molecule has 0 spiro atoms. The lowest BCUT2D eigenvalue weighted by Gasteiger charge is -2.32. The van der Waals surface area contributed by atoms with Gasteiger partial charge in [-0.2, -0.15) is 0 Å². The molecule has 0 amide bonds. The van der Waals surface area contributed by atoms with E-state index >= 15 is 0 Å². The molecule has 1 aromatic heterocycles. The monoisotopic (exact) mass is 277 g/mol. The molecule has 1 aliphatic rings. The molecule has 2 heterocycles. The van der Waals surface area contributed by atoms with Gasteiger partial charge >= 0.3 is 7.12 Å². The van der Waals surface area contributed by atoms with E-state index in [4.69, 9.17) is 15.0 Å². The third-order valence-electron chi connectivity index (χ3n) is 4.45. The number of aromatic nitrogens is 2. The van der Waals surface area contributed by atoms with Gasteiger partial charge in [-0.3, -0.25) is 0 Å². The molecule has 0 saturated carbocycles. The molecule has 5 nitrogen and oxygen atoms in total. The van der Waals surface area contributed by atoms with Crippen molar-refractivity contribution in [1.29, 1.82) is 0 Å². The number of nitrogen functional groups attached to an aromatic ring is 1. The maximum atomic E-state index is 6.08. The Kier molecular flexibility index (Phi) is 3.82. The molecule has 0 radical (unpaired) electrons. The molecule has 1 unspecified atom stereocenters. The molecule has 1 fully saturated rings. The van der Waals surface area contributed by atoms with Crippen LogP contribution in [0.2, 0.25) is 0 Å². The summed E-state index contributed by atoms with van der Waals surface area (Å²) >= 11 is 0. The Hall–Kier alpha value is -1.14. The van der Waals surface area contributed by atoms with Crippen molar-refractivity contribution >= 4 is 18.5 Å². The van der Waals surface area contributed by atoms with Crippen LogP contribution in [0.3, 0.4) is 0 Å². The van der Waals surface area contributed by atoms with Crippen LogP contribution in [0.1, 0.15) is 59.6 Å². The van der Waals surface area contributed by atoms with Gasteiger partial charge in [0.25, 0.3) is 0 Å². The van der Waals surface area contributed by atoms with Gasteiger partial charge in [0.1, 0.15) is 0 Å². The Morgan fingerprint density at radius 2 is 1.80 bits per heavy atom. The smallest absolute Gasteiger partial charge is 0.399 e. The standard InChI is InChI=1S/C14H24BN3O2/c1-7-9(2)11-10(8-17-12(16)18-11)15-19-13(3,4)14(5,6)20-15/h8-9H,7H2,1-6H3,(H2,16,17,18). The van der Waals surface area contributed by atoms with Crippen molar-refractivity contribution in [2.45, 2.75) is 65.1 Å². The molecule has 0 bridgehead atoms. The Morgan fingerprint density at radius 1 is 1.25 bits per heavy atom. The highest BCUT2D eigenvalue weighted by Crippen LogP contribution is 2.37. The first kappa shape index (κ1) is 15.3. The second kappa shape index (κ2) is 5.00. The Morgan fingerprint density at radius 3 is 2.30 bits per heavy atom. The van der Waals surface area contributed by atoms with Crippen LogP contribution in [-0.2, 0) is 9.31 Å². The summed E-state index contributed by atoms with van der Waals surface area (Å²) in [5.74, 6) is 0.579. The zero-order valence-electron chi connectivity index (χ0n) is 13.2. The third kappa shape index (κ3) is 2.54. The molecule has 0 aliphatic carbocycles. The summed E-state index contributed by atoms with van der Waals surface area (Å²) in [7, 11) is -0.440. The van der Waals surface area contributed by atoms with Crippen LogP contribution in [0.5, 0.6) is 0 Å². The van der Waals surface area contributed by atoms with E-state index in [1.165, 1.54) is 0 Å². The van der Waals surface area contributed by atoms with Crippen molar-refractivity contribution in [3.05, 3.63) is 11.9 Å². The second-order valence-corrected chi connectivity index (χ2v) is 6.47. The minimum atomic E-state index is -0.440. The van der Waals surface area contributed by atoms with Crippen molar-refractivity contribution < 1.29 is 9.31 Å². The van der Waals surface area contributed by atoms with Crippen molar-refractivity contribution in [1.82, 2.24) is 9.97 Å². The van der Waals surface area contributed by atoms with Crippen LogP contribution in [-0.4, -0.2) is 28.3 Å². The summed E-state index contributed by atoms with van der Waals surface area (Å²) in [5, 5.41) is 0. The molecular weight excluding hydrogens is 253 g/mol. The second-order valence-electron chi connectivity index (χ2n) is 6.47. The van der Waals surface area contributed by atoms with E-state index in [9.17, 15) is 0 Å². The van der Waals surface area contributed by atoms with Gasteiger partial charge in [0.05, 0.1) is 11.2 Å². The quantitative estimate of drug-likeness (QED) is 0.854. The van der Waals surface area contributed by atoms with Crippen molar-refractivity contribution in [3.63, 3.8) is 0 Å². The van der Waals surface area contributed by atoms with E-state index < -0.39 is 7.12 Å². The molecule has 20 heavy (non-hydrogen) atoms. The summed E-state index contributed by atoms with van der Waals surface area (Å²) in [6.07, 6.45) is 2.70. The first-order valence-corrected chi connectivity index (χ1v) is 7.16. The summed E-state index contributed by atoms with van der Waals surface area (Å²) in [6.45, 7) is 12.4. The van der Waals surface area contributed by atoms with Crippen molar-refractivity contribution in [2.75, 3.05) is 5.73 Å². The summed E-state index contributed by atoms with van der Waals surface area (Å²) < 4.78 is 12.2. The van der Waals surface area contributed by atoms with E-state index in [-0.39, 0.29) is 17.1 Å². The molecule has 0 aromatic carbocycles. The van der Waals surface area contributed by atoms with Crippen LogP contribution in [0.25, 0.3) is 0 Å². The zero-order chi connectivity index (χ0) is 15.1. The maximum absolute atomic E-state index is 6.08. The summed E-state index contributed by atoms with van der Waals surface area (Å²) in [5.41, 5.74) is 6.78. The number of anilines is 1. The molecule has 2 N–H and O–H groups in total. The van der Waals surface area contributed by atoms with Gasteiger partial charge < -0.3 is 15.0 Å². The molecule has 110 valence electrons. The predicted octanol–water partition coefficient (Wildman–Crippen LogP) is 1.87. The Bertz CT molecular complexity index is 489. The van der Waals surface area contributed by atoms with E-state index in [1.807, 2.05) is 27.7 Å². The van der Waals surface area contributed by atoms with E-state index in [2.05, 4.69) is 23.8 Å². The lowest BCUT2D eigenvalue weighted by Crippen LogP contribution is -2.41. The van der Waals surface area contributed by atoms with Crippen molar-refractivity contribution in [3.8, 4) is 0 Å². The predicted molar refractivity (Wildman–Crippen MR) is 80.9 cm³/mol. The van der Waals surface area contributed by atoms with Crippen LogP contribution in [0, 0.1) is 0 Å². The fraction of sp³-hybridized carbons (Fsp3) is 0.714. The SMILES string of the molecule is CCC(C)c1nc(N)ncc1B1OC(C)(C)C(C)(C)O1. The zero-order valence-corrected chi connectivity index (χ0v) is 13.2. The first-order valence-electron chi connectivity index (χ1n) is 7.16. The topological polar surface area (TPSA) is 70.3 Å². The van der Waals surface area contributed by atoms with E-state index in [0.717, 1.165) is 17.6 Å². The minimum absolute atomic E-state index is 0.286. The molecule has 1 saturated heterocycles. The molecule has 2 rings (SSSR count). The molecule has 6 heteroatoms. The molecular formula is C14H24BN3O2. The van der Waals surface area contributed by atoms with Crippen LogP contribution in [0.4, 0.5) is 5.95 Å². The fourth-order valence-corrected chi connectivity index (χ4v) is 2.16. The largest absolute Gasteiger partial charge is 0.498 e. The van der Waals surface area contributed by atoms with Gasteiger partial charge in [-0.05, 0) is 40.0 Å². The van der Waals surface area contributed by atoms with Gasteiger partial charge in [0.15, 0.2) is 0 Å². The van der Waals surface area contributed by atoms with E-state index in [1.54, 1.807) is 6.20 Å². The first-order chi connectivity index (χ1) is 9.18. The van der Waals surface area contributed by atoms with Gasteiger partial charge in [0.2, 0.25) is 5.95 Å². The fourth-order valence-electron chi connectivity index (χ4n) is 2.16. The normalized spacial score (nSPS) is 22.0. The Labute approximate surface area is 121 Å². The average Bonchev–Trinajstić information content (AvgIpc) is 2.57. The molecule has 1 aromatic rings. The maximum Gasteiger partial charge on any atom is 0.498 e. The lowest BCUT2D eigenvalue weighted by atomic mass is 9.76. The third-order valence-corrected chi connectivity index (χ3v) is 4.45. The number of nitrogens with two attached hydrogens (primary N) is 1. The van der Waals surface area contributed by atoms with Gasteiger partial charge in [-0.1, -0.05) is 13.8 Å². The molecule has 1 aliphatic heterocycles. The number of rotatable bonds is 3. The van der Waals surface area contributed by atoms with Crippen molar-refractivity contribution in [2.24, 2.45) is 0 Å². The van der Waals surface area contributed by atoms with E-state index in [0.29, 0.717) is 5.95 Å². The highest BCUT2D eigenvalue weighted by Gasteiger charge is 2.52. The number of hydrogen-bond donors (Lipinski definition) is 1. The summed E-state index contributed by atoms with van der Waals surface area (Å²) in [4.78, 5) is 8.49. The molecule has 1 atom stereocenters. The van der Waals surface area contributed by atoms with Crippen LogP contribution >= 0.6 is 0 Å². The number of hydrogen-bond acceptors (Lipinski definition) is 5. The van der Waals surface area contributed by atoms with Crippen LogP contribution in [0.15, 0.2) is 6.20 Å². The average molecular weight is 277 g/mol. The highest BCUT2D eigenvalue weighted by atomic mass is 16.7. The van der Waals surface area contributed by atoms with Gasteiger partial charge in [0, 0.05) is 17.4 Å². The Balaban J connectivity index is 2.40. The van der Waals surface area contributed by atoms with Crippen LogP contribution < -0.4 is 11.2 Å². The lowest BCUT2D eigenvalue weighted by molar-refractivity contribution is 0.00578. The number of nitrogens with zero attached hydrogens (tertiary/aromatic N) is 2. The summed E-state index contributed by atoms with van der Waals surface area (Å²) in [6, 6.07) is 0.